The highest BCUT2D eigenvalue weighted by molar-refractivity contribution is 5.97. The van der Waals surface area contributed by atoms with E-state index >= 15 is 0 Å². The van der Waals surface area contributed by atoms with Crippen LogP contribution in [0.2, 0.25) is 0 Å². The van der Waals surface area contributed by atoms with Crippen molar-refractivity contribution in [3.05, 3.63) is 89.5 Å². The molecule has 3 rings (SSSR count). The van der Waals surface area contributed by atoms with E-state index in [1.807, 2.05) is 30.3 Å². The first-order valence-corrected chi connectivity index (χ1v) is 10.5. The van der Waals surface area contributed by atoms with E-state index in [9.17, 15) is 18.0 Å². The van der Waals surface area contributed by atoms with Gasteiger partial charge in [-0.2, -0.15) is 0 Å². The van der Waals surface area contributed by atoms with E-state index in [1.54, 1.807) is 26.8 Å². The smallest absolute Gasteiger partial charge is 0.456 e. The predicted octanol–water partition coefficient (Wildman–Crippen LogP) is 7.07. The highest BCUT2D eigenvalue weighted by atomic mass is 19.4. The van der Waals surface area contributed by atoms with E-state index in [1.165, 1.54) is 29.8 Å². The number of rotatable bonds is 7. The zero-order valence-corrected chi connectivity index (χ0v) is 18.7. The number of nitrogens with one attached hydrogen (secondary N) is 1. The molecule has 33 heavy (non-hydrogen) atoms. The number of aryl methyl sites for hydroxylation is 2. The SMILES string of the molecule is CC(C)(C)OC(=O)c1ccc(CCc2ccccc2)cc1Nc1ccc(OC(F)(F)F)cc1. The van der Waals surface area contributed by atoms with Crippen LogP contribution in [0.3, 0.4) is 0 Å². The molecule has 7 heteroatoms. The van der Waals surface area contributed by atoms with Gasteiger partial charge in [0, 0.05) is 5.69 Å². The molecule has 0 atom stereocenters. The van der Waals surface area contributed by atoms with Crippen LogP contribution in [0.5, 0.6) is 5.75 Å². The summed E-state index contributed by atoms with van der Waals surface area (Å²) >= 11 is 0. The van der Waals surface area contributed by atoms with Crippen LogP contribution in [0.1, 0.15) is 42.3 Å². The van der Waals surface area contributed by atoms with Crippen LogP contribution in [0, 0.1) is 0 Å². The van der Waals surface area contributed by atoms with Crippen LogP contribution in [0.4, 0.5) is 24.5 Å². The minimum Gasteiger partial charge on any atom is -0.456 e. The highest BCUT2D eigenvalue weighted by Gasteiger charge is 2.31. The normalized spacial score (nSPS) is 11.7. The third-order valence-corrected chi connectivity index (χ3v) is 4.61. The molecule has 174 valence electrons. The van der Waals surface area contributed by atoms with Gasteiger partial charge in [-0.1, -0.05) is 36.4 Å². The van der Waals surface area contributed by atoms with E-state index in [4.69, 9.17) is 4.74 Å². The van der Waals surface area contributed by atoms with Gasteiger partial charge in [-0.25, -0.2) is 4.79 Å². The number of esters is 1. The third kappa shape index (κ3) is 7.86. The van der Waals surface area contributed by atoms with E-state index in [2.05, 4.69) is 22.2 Å². The van der Waals surface area contributed by atoms with Crippen molar-refractivity contribution in [2.24, 2.45) is 0 Å². The van der Waals surface area contributed by atoms with Gasteiger partial charge in [0.1, 0.15) is 11.4 Å². The van der Waals surface area contributed by atoms with Crippen LogP contribution < -0.4 is 10.1 Å². The number of halogens is 3. The molecule has 0 aliphatic heterocycles. The minimum atomic E-state index is -4.76. The Labute approximate surface area is 191 Å². The van der Waals surface area contributed by atoms with Crippen molar-refractivity contribution in [2.75, 3.05) is 5.32 Å². The number of alkyl halides is 3. The number of hydrogen-bond acceptors (Lipinski definition) is 4. The third-order valence-electron chi connectivity index (χ3n) is 4.61. The molecular weight excluding hydrogens is 431 g/mol. The molecule has 1 N–H and O–H groups in total. The lowest BCUT2D eigenvalue weighted by Gasteiger charge is -2.21. The monoisotopic (exact) mass is 457 g/mol. The zero-order valence-electron chi connectivity index (χ0n) is 18.7. The summed E-state index contributed by atoms with van der Waals surface area (Å²) in [6.07, 6.45) is -3.17. The van der Waals surface area contributed by atoms with Gasteiger partial charge < -0.3 is 14.8 Å². The summed E-state index contributed by atoms with van der Waals surface area (Å²) in [6.45, 7) is 5.35. The molecule has 0 radical (unpaired) electrons. The Morgan fingerprint density at radius 1 is 0.848 bits per heavy atom. The molecule has 0 amide bonds. The van der Waals surface area contributed by atoms with Crippen molar-refractivity contribution in [3.8, 4) is 5.75 Å². The zero-order chi connectivity index (χ0) is 24.1. The number of benzene rings is 3. The van der Waals surface area contributed by atoms with Crippen LogP contribution >= 0.6 is 0 Å². The molecule has 0 aromatic heterocycles. The maximum absolute atomic E-state index is 12.8. The molecule has 0 unspecified atom stereocenters. The Morgan fingerprint density at radius 3 is 2.09 bits per heavy atom. The Balaban J connectivity index is 1.84. The molecular formula is C26H26F3NO3. The van der Waals surface area contributed by atoms with E-state index in [-0.39, 0.29) is 5.75 Å². The maximum atomic E-state index is 12.8. The van der Waals surface area contributed by atoms with Crippen LogP contribution in [0.25, 0.3) is 0 Å². The topological polar surface area (TPSA) is 47.6 Å². The molecule has 0 fully saturated rings. The van der Waals surface area contributed by atoms with Crippen LogP contribution in [-0.4, -0.2) is 17.9 Å². The Bertz CT molecular complexity index is 1070. The van der Waals surface area contributed by atoms with Crippen molar-refractivity contribution in [2.45, 2.75) is 45.6 Å². The first-order valence-electron chi connectivity index (χ1n) is 10.5. The molecule has 0 saturated heterocycles. The van der Waals surface area contributed by atoms with E-state index in [0.717, 1.165) is 18.4 Å². The second kappa shape index (κ2) is 9.98. The van der Waals surface area contributed by atoms with Gasteiger partial charge in [-0.05, 0) is 81.1 Å². The van der Waals surface area contributed by atoms with Gasteiger partial charge in [0.2, 0.25) is 0 Å². The summed E-state index contributed by atoms with van der Waals surface area (Å²) in [5.74, 6) is -0.811. The number of anilines is 2. The predicted molar refractivity (Wildman–Crippen MR) is 122 cm³/mol. The molecule has 3 aromatic carbocycles. The van der Waals surface area contributed by atoms with Gasteiger partial charge in [0.25, 0.3) is 0 Å². The lowest BCUT2D eigenvalue weighted by atomic mass is 10.0. The fourth-order valence-corrected chi connectivity index (χ4v) is 3.19. The summed E-state index contributed by atoms with van der Waals surface area (Å²) in [7, 11) is 0. The molecule has 0 aliphatic rings. The highest BCUT2D eigenvalue weighted by Crippen LogP contribution is 2.28. The van der Waals surface area contributed by atoms with E-state index in [0.29, 0.717) is 16.9 Å². The van der Waals surface area contributed by atoms with Crippen molar-refractivity contribution in [1.82, 2.24) is 0 Å². The van der Waals surface area contributed by atoms with E-state index < -0.39 is 17.9 Å². The summed E-state index contributed by atoms with van der Waals surface area (Å²) in [6, 6.07) is 20.8. The molecule has 0 aliphatic carbocycles. The average Bonchev–Trinajstić information content (AvgIpc) is 2.72. The summed E-state index contributed by atoms with van der Waals surface area (Å²) in [5.41, 5.74) is 2.89. The average molecular weight is 457 g/mol. The van der Waals surface area contributed by atoms with Crippen molar-refractivity contribution >= 4 is 17.3 Å². The largest absolute Gasteiger partial charge is 0.573 e. The van der Waals surface area contributed by atoms with Crippen LogP contribution in [0.15, 0.2) is 72.8 Å². The number of carbonyl (C=O) groups excluding carboxylic acids is 1. The fraction of sp³-hybridized carbons (Fsp3) is 0.269. The van der Waals surface area contributed by atoms with Crippen molar-refractivity contribution < 1.29 is 27.4 Å². The van der Waals surface area contributed by atoms with Gasteiger partial charge >= 0.3 is 12.3 Å². The quantitative estimate of drug-likeness (QED) is 0.386. The Morgan fingerprint density at radius 2 is 1.48 bits per heavy atom. The first-order chi connectivity index (χ1) is 15.5. The van der Waals surface area contributed by atoms with Gasteiger partial charge in [0.05, 0.1) is 11.3 Å². The fourth-order valence-electron chi connectivity index (χ4n) is 3.19. The lowest BCUT2D eigenvalue weighted by molar-refractivity contribution is -0.274. The van der Waals surface area contributed by atoms with Crippen molar-refractivity contribution in [1.29, 1.82) is 0 Å². The first kappa shape index (κ1) is 24.2. The van der Waals surface area contributed by atoms with Crippen molar-refractivity contribution in [3.63, 3.8) is 0 Å². The van der Waals surface area contributed by atoms with Crippen LogP contribution in [-0.2, 0) is 17.6 Å². The van der Waals surface area contributed by atoms with Gasteiger partial charge in [-0.15, -0.1) is 13.2 Å². The second-order valence-electron chi connectivity index (χ2n) is 8.56. The molecule has 3 aromatic rings. The lowest BCUT2D eigenvalue weighted by Crippen LogP contribution is -2.24. The Kier molecular flexibility index (Phi) is 7.31. The number of carbonyl (C=O) groups is 1. The van der Waals surface area contributed by atoms with Gasteiger partial charge in [0.15, 0.2) is 0 Å². The summed E-state index contributed by atoms with van der Waals surface area (Å²) < 4.78 is 46.7. The Hall–Kier alpha value is -3.48. The maximum Gasteiger partial charge on any atom is 0.573 e. The molecule has 4 nitrogen and oxygen atoms in total. The van der Waals surface area contributed by atoms with Gasteiger partial charge in [-0.3, -0.25) is 0 Å². The molecule has 0 saturated carbocycles. The molecule has 0 spiro atoms. The number of hydrogen-bond donors (Lipinski definition) is 1. The standard InChI is InChI=1S/C26H26F3NO3/c1-25(2,3)33-24(31)22-16-11-19(10-9-18-7-5-4-6-8-18)17-23(22)30-20-12-14-21(15-13-20)32-26(27,28)29/h4-8,11-17,30H,9-10H2,1-3H3. The number of ether oxygens (including phenoxy) is 2. The summed E-state index contributed by atoms with van der Waals surface area (Å²) in [4.78, 5) is 12.8. The second-order valence-corrected chi connectivity index (χ2v) is 8.56. The summed E-state index contributed by atoms with van der Waals surface area (Å²) in [5, 5.41) is 3.13. The minimum absolute atomic E-state index is 0.322. The molecule has 0 heterocycles. The molecule has 0 bridgehead atoms.